The Kier molecular flexibility index (Phi) is 3.41. The summed E-state index contributed by atoms with van der Waals surface area (Å²) in [5.41, 5.74) is -1.03. The van der Waals surface area contributed by atoms with Crippen molar-refractivity contribution in [3.8, 4) is 0 Å². The Morgan fingerprint density at radius 2 is 2.00 bits per heavy atom. The number of carboxylic acids is 1. The van der Waals surface area contributed by atoms with E-state index in [4.69, 9.17) is 5.11 Å². The molecule has 2 rings (SSSR count). The van der Waals surface area contributed by atoms with Crippen LogP contribution in [0.3, 0.4) is 0 Å². The summed E-state index contributed by atoms with van der Waals surface area (Å²) in [4.78, 5) is 48.5. The Bertz CT molecular complexity index is 483. The lowest BCUT2D eigenvalue weighted by atomic mass is 10.1. The van der Waals surface area contributed by atoms with E-state index >= 15 is 0 Å². The molecule has 2 fully saturated rings. The minimum absolute atomic E-state index is 0.0904. The van der Waals surface area contributed by atoms with E-state index in [-0.39, 0.29) is 6.04 Å². The second kappa shape index (κ2) is 4.77. The van der Waals surface area contributed by atoms with Crippen LogP contribution in [0.1, 0.15) is 26.7 Å². The number of rotatable bonds is 5. The minimum Gasteiger partial charge on any atom is -0.480 e. The fraction of sp³-hybridized carbons (Fsp3) is 0.667. The summed E-state index contributed by atoms with van der Waals surface area (Å²) in [6.45, 7) is 2.27. The van der Waals surface area contributed by atoms with Gasteiger partial charge in [0.05, 0.1) is 0 Å². The predicted octanol–water partition coefficient (Wildman–Crippen LogP) is -0.608. The number of aliphatic carboxylic acids is 1. The Morgan fingerprint density at radius 3 is 2.40 bits per heavy atom. The zero-order valence-electron chi connectivity index (χ0n) is 11.4. The lowest BCUT2D eigenvalue weighted by Gasteiger charge is -2.23. The highest BCUT2D eigenvalue weighted by molar-refractivity contribution is 6.08. The van der Waals surface area contributed by atoms with Gasteiger partial charge >= 0.3 is 12.0 Å². The average molecular weight is 283 g/mol. The van der Waals surface area contributed by atoms with Crippen molar-refractivity contribution in [2.45, 2.75) is 38.3 Å². The molecule has 4 amide bonds. The summed E-state index contributed by atoms with van der Waals surface area (Å²) in [5.74, 6) is -2.11. The summed E-state index contributed by atoms with van der Waals surface area (Å²) in [7, 11) is 0. The van der Waals surface area contributed by atoms with Crippen molar-refractivity contribution >= 4 is 23.8 Å². The molecule has 0 radical (unpaired) electrons. The third kappa shape index (κ3) is 2.73. The van der Waals surface area contributed by atoms with Crippen molar-refractivity contribution in [2.75, 3.05) is 13.1 Å². The molecular weight excluding hydrogens is 266 g/mol. The highest BCUT2D eigenvalue weighted by atomic mass is 16.4. The molecule has 0 spiro atoms. The van der Waals surface area contributed by atoms with Crippen LogP contribution in [0.4, 0.5) is 4.79 Å². The van der Waals surface area contributed by atoms with Crippen molar-refractivity contribution in [3.05, 3.63) is 0 Å². The third-order valence-electron chi connectivity index (χ3n) is 3.35. The Balaban J connectivity index is 2.05. The maximum atomic E-state index is 12.1. The predicted molar refractivity (Wildman–Crippen MR) is 66.7 cm³/mol. The lowest BCUT2D eigenvalue weighted by molar-refractivity contribution is -0.146. The number of carbonyl (C=O) groups is 4. The number of nitrogens with zero attached hydrogens (tertiary/aromatic N) is 2. The number of amides is 4. The van der Waals surface area contributed by atoms with Gasteiger partial charge in [-0.2, -0.15) is 0 Å². The van der Waals surface area contributed by atoms with Crippen LogP contribution in [0, 0.1) is 0 Å². The van der Waals surface area contributed by atoms with Gasteiger partial charge in [-0.1, -0.05) is 0 Å². The molecule has 0 aromatic rings. The Hall–Kier alpha value is -2.12. The molecule has 110 valence electrons. The zero-order chi connectivity index (χ0) is 15.1. The lowest BCUT2D eigenvalue weighted by Crippen LogP contribution is -2.46. The van der Waals surface area contributed by atoms with Crippen LogP contribution < -0.4 is 5.32 Å². The highest BCUT2D eigenvalue weighted by Gasteiger charge is 2.46. The van der Waals surface area contributed by atoms with Gasteiger partial charge < -0.3 is 15.3 Å². The summed E-state index contributed by atoms with van der Waals surface area (Å²) >= 11 is 0. The van der Waals surface area contributed by atoms with Gasteiger partial charge in [-0.25, -0.2) is 4.79 Å². The molecule has 1 saturated carbocycles. The van der Waals surface area contributed by atoms with E-state index in [9.17, 15) is 19.2 Å². The van der Waals surface area contributed by atoms with E-state index in [1.807, 2.05) is 0 Å². The largest absolute Gasteiger partial charge is 0.480 e. The van der Waals surface area contributed by atoms with Gasteiger partial charge in [0.2, 0.25) is 5.91 Å². The molecule has 1 heterocycles. The normalized spacial score (nSPS) is 20.8. The van der Waals surface area contributed by atoms with E-state index in [1.54, 1.807) is 13.8 Å². The van der Waals surface area contributed by atoms with E-state index in [0.717, 1.165) is 17.7 Å². The molecule has 1 aliphatic heterocycles. The first-order valence-corrected chi connectivity index (χ1v) is 6.38. The monoisotopic (exact) mass is 283 g/mol. The summed E-state index contributed by atoms with van der Waals surface area (Å²) in [5, 5.41) is 11.3. The van der Waals surface area contributed by atoms with Crippen molar-refractivity contribution in [3.63, 3.8) is 0 Å². The van der Waals surface area contributed by atoms with Crippen LogP contribution in [0.25, 0.3) is 0 Å². The first kappa shape index (κ1) is 14.3. The molecule has 0 unspecified atom stereocenters. The third-order valence-corrected chi connectivity index (χ3v) is 3.35. The van der Waals surface area contributed by atoms with Crippen molar-refractivity contribution in [1.82, 2.24) is 15.1 Å². The molecule has 1 saturated heterocycles. The molecule has 8 nitrogen and oxygen atoms in total. The topological polar surface area (TPSA) is 107 Å². The molecule has 2 N–H and O–H groups in total. The average Bonchev–Trinajstić information content (AvgIpc) is 3.11. The van der Waals surface area contributed by atoms with E-state index in [0.29, 0.717) is 0 Å². The molecule has 0 bridgehead atoms. The summed E-state index contributed by atoms with van der Waals surface area (Å²) in [6, 6.07) is -0.716. The van der Waals surface area contributed by atoms with Gasteiger partial charge in [0.15, 0.2) is 0 Å². The van der Waals surface area contributed by atoms with Gasteiger partial charge in [-0.15, -0.1) is 0 Å². The van der Waals surface area contributed by atoms with Gasteiger partial charge in [0.25, 0.3) is 5.91 Å². The molecule has 1 aliphatic carbocycles. The Morgan fingerprint density at radius 1 is 1.40 bits per heavy atom. The molecule has 0 aromatic carbocycles. The Labute approximate surface area is 115 Å². The number of hydrogen-bond donors (Lipinski definition) is 2. The smallest absolute Gasteiger partial charge is 0.325 e. The zero-order valence-corrected chi connectivity index (χ0v) is 11.4. The first-order chi connectivity index (χ1) is 9.22. The van der Waals surface area contributed by atoms with Crippen LogP contribution in [0.5, 0.6) is 0 Å². The molecule has 8 heteroatoms. The van der Waals surface area contributed by atoms with Gasteiger partial charge in [0.1, 0.15) is 18.6 Å². The second-order valence-corrected chi connectivity index (χ2v) is 5.59. The fourth-order valence-corrected chi connectivity index (χ4v) is 2.14. The maximum absolute atomic E-state index is 12.1. The number of nitrogens with one attached hydrogen (secondary N) is 1. The van der Waals surface area contributed by atoms with Crippen LogP contribution in [-0.2, 0) is 14.4 Å². The van der Waals surface area contributed by atoms with E-state index in [2.05, 4.69) is 5.32 Å². The first-order valence-electron chi connectivity index (χ1n) is 6.38. The second-order valence-electron chi connectivity index (χ2n) is 5.59. The summed E-state index contributed by atoms with van der Waals surface area (Å²) in [6.07, 6.45) is 1.51. The van der Waals surface area contributed by atoms with Crippen molar-refractivity contribution < 1.29 is 24.3 Å². The van der Waals surface area contributed by atoms with Crippen LogP contribution in [0.15, 0.2) is 0 Å². The standard InChI is InChI=1S/C12H17N3O5/c1-12(2)10(19)15(11(20)13-12)5-8(16)14(6-9(17)18)7-3-4-7/h7H,3-6H2,1-2H3,(H,13,20)(H,17,18). The van der Waals surface area contributed by atoms with Crippen molar-refractivity contribution in [2.24, 2.45) is 0 Å². The van der Waals surface area contributed by atoms with E-state index in [1.165, 1.54) is 4.90 Å². The quantitative estimate of drug-likeness (QED) is 0.655. The molecule has 2 aliphatic rings. The van der Waals surface area contributed by atoms with Crippen molar-refractivity contribution in [1.29, 1.82) is 0 Å². The molecule has 0 aromatic heterocycles. The van der Waals surface area contributed by atoms with Crippen LogP contribution in [0.2, 0.25) is 0 Å². The number of imide groups is 1. The summed E-state index contributed by atoms with van der Waals surface area (Å²) < 4.78 is 0. The van der Waals surface area contributed by atoms with Gasteiger partial charge in [-0.05, 0) is 26.7 Å². The number of carboxylic acid groups (broad SMARTS) is 1. The molecule has 20 heavy (non-hydrogen) atoms. The van der Waals surface area contributed by atoms with Gasteiger partial charge in [0, 0.05) is 6.04 Å². The van der Waals surface area contributed by atoms with E-state index < -0.39 is 42.4 Å². The molecular formula is C12H17N3O5. The number of hydrogen-bond acceptors (Lipinski definition) is 4. The maximum Gasteiger partial charge on any atom is 0.325 e. The molecule has 0 atom stereocenters. The minimum atomic E-state index is -1.11. The SMILES string of the molecule is CC1(C)NC(=O)N(CC(=O)N(CC(=O)O)C2CC2)C1=O. The number of carbonyl (C=O) groups excluding carboxylic acids is 3. The fourth-order valence-electron chi connectivity index (χ4n) is 2.14. The number of urea groups is 1. The van der Waals surface area contributed by atoms with Gasteiger partial charge in [-0.3, -0.25) is 19.3 Å². The van der Waals surface area contributed by atoms with Crippen LogP contribution in [-0.4, -0.2) is 63.4 Å². The highest BCUT2D eigenvalue weighted by Crippen LogP contribution is 2.27. The van der Waals surface area contributed by atoms with Crippen LogP contribution >= 0.6 is 0 Å².